The second kappa shape index (κ2) is 15.1. The van der Waals surface area contributed by atoms with E-state index in [9.17, 15) is 14.9 Å². The Morgan fingerprint density at radius 1 is 0.905 bits per heavy atom. The molecule has 0 radical (unpaired) electrons. The van der Waals surface area contributed by atoms with Crippen LogP contribution in [0.2, 0.25) is 0 Å². The van der Waals surface area contributed by atoms with Crippen LogP contribution in [0.5, 0.6) is 0 Å². The van der Waals surface area contributed by atoms with Crippen molar-refractivity contribution in [2.24, 2.45) is 0 Å². The lowest BCUT2D eigenvalue weighted by Crippen LogP contribution is -2.09. The molecule has 0 aliphatic rings. The fraction of sp³-hybridized carbons (Fsp3) is 0.933. The van der Waals surface area contributed by atoms with Crippen molar-refractivity contribution in [1.82, 2.24) is 0 Å². The van der Waals surface area contributed by atoms with Gasteiger partial charge in [0.1, 0.15) is 0 Å². The smallest absolute Gasteiger partial charge is 0.305 e. The highest BCUT2D eigenvalue weighted by molar-refractivity contribution is 5.69. The van der Waals surface area contributed by atoms with E-state index < -0.39 is 5.09 Å². The lowest BCUT2D eigenvalue weighted by atomic mass is 10.1. The highest BCUT2D eigenvalue weighted by Crippen LogP contribution is 2.10. The first kappa shape index (κ1) is 19.7. The van der Waals surface area contributed by atoms with Crippen molar-refractivity contribution in [3.05, 3.63) is 10.1 Å². The molecule has 0 saturated carbocycles. The van der Waals surface area contributed by atoms with E-state index in [1.54, 1.807) is 0 Å². The first-order valence-electron chi connectivity index (χ1n) is 8.09. The standard InChI is InChI=1S/C15H29NO5/c1-2-3-4-5-6-7-8-9-10-12-15(17)20-13-11-14-21-16(18)19/h2-14H2,1H3. The van der Waals surface area contributed by atoms with Gasteiger partial charge in [-0.2, -0.15) is 0 Å². The molecule has 0 saturated heterocycles. The van der Waals surface area contributed by atoms with Crippen LogP contribution in [-0.4, -0.2) is 24.3 Å². The quantitative estimate of drug-likeness (QED) is 0.197. The number of esters is 1. The van der Waals surface area contributed by atoms with Gasteiger partial charge in [0, 0.05) is 12.8 Å². The Balaban J connectivity index is 3.17. The Morgan fingerprint density at radius 2 is 1.48 bits per heavy atom. The molecule has 0 aromatic carbocycles. The summed E-state index contributed by atoms with van der Waals surface area (Å²) >= 11 is 0. The van der Waals surface area contributed by atoms with Gasteiger partial charge in [-0.05, 0) is 6.42 Å². The Kier molecular flexibility index (Phi) is 14.1. The van der Waals surface area contributed by atoms with E-state index in [1.165, 1.54) is 44.9 Å². The normalized spacial score (nSPS) is 10.3. The van der Waals surface area contributed by atoms with Gasteiger partial charge in [-0.25, -0.2) is 0 Å². The van der Waals surface area contributed by atoms with E-state index in [0.29, 0.717) is 12.8 Å². The first-order valence-corrected chi connectivity index (χ1v) is 8.09. The molecule has 0 aliphatic carbocycles. The molecule has 0 aromatic heterocycles. The molecule has 0 unspecified atom stereocenters. The minimum absolute atomic E-state index is 0.0295. The third-order valence-corrected chi connectivity index (χ3v) is 3.23. The Morgan fingerprint density at radius 3 is 2.05 bits per heavy atom. The molecule has 0 heterocycles. The van der Waals surface area contributed by atoms with Crippen molar-refractivity contribution in [3.8, 4) is 0 Å². The highest BCUT2D eigenvalue weighted by Gasteiger charge is 2.03. The zero-order valence-electron chi connectivity index (χ0n) is 13.2. The lowest BCUT2D eigenvalue weighted by Gasteiger charge is -2.04. The molecule has 6 nitrogen and oxygen atoms in total. The predicted molar refractivity (Wildman–Crippen MR) is 80.4 cm³/mol. The number of carbonyl (C=O) groups excluding carboxylic acids is 1. The van der Waals surface area contributed by atoms with Crippen molar-refractivity contribution >= 4 is 5.97 Å². The summed E-state index contributed by atoms with van der Waals surface area (Å²) in [6.07, 6.45) is 11.7. The Labute approximate surface area is 127 Å². The summed E-state index contributed by atoms with van der Waals surface area (Å²) in [6, 6.07) is 0. The molecule has 21 heavy (non-hydrogen) atoms. The molecule has 0 amide bonds. The summed E-state index contributed by atoms with van der Waals surface area (Å²) < 4.78 is 4.95. The molecule has 0 aromatic rings. The van der Waals surface area contributed by atoms with Gasteiger partial charge in [-0.15, -0.1) is 10.1 Å². The zero-order chi connectivity index (χ0) is 15.8. The average Bonchev–Trinajstić information content (AvgIpc) is 2.45. The van der Waals surface area contributed by atoms with Crippen LogP contribution in [0, 0.1) is 10.1 Å². The lowest BCUT2D eigenvalue weighted by molar-refractivity contribution is -0.757. The van der Waals surface area contributed by atoms with Crippen LogP contribution in [0.1, 0.15) is 77.6 Å². The van der Waals surface area contributed by atoms with Crippen molar-refractivity contribution in [2.45, 2.75) is 77.6 Å². The fourth-order valence-corrected chi connectivity index (χ4v) is 2.04. The summed E-state index contributed by atoms with van der Waals surface area (Å²) in [4.78, 5) is 25.3. The predicted octanol–water partition coefficient (Wildman–Crippen LogP) is 4.05. The van der Waals surface area contributed by atoms with Gasteiger partial charge in [0.05, 0.1) is 13.2 Å². The molecule has 6 heteroatoms. The Hall–Kier alpha value is -1.33. The third kappa shape index (κ3) is 16.6. The van der Waals surface area contributed by atoms with Gasteiger partial charge in [0.15, 0.2) is 0 Å². The minimum atomic E-state index is -0.843. The number of ether oxygens (including phenoxy) is 1. The van der Waals surface area contributed by atoms with Crippen LogP contribution >= 0.6 is 0 Å². The van der Waals surface area contributed by atoms with Gasteiger partial charge in [0.2, 0.25) is 0 Å². The number of hydrogen-bond acceptors (Lipinski definition) is 5. The van der Waals surface area contributed by atoms with Crippen molar-refractivity contribution in [1.29, 1.82) is 0 Å². The second-order valence-corrected chi connectivity index (χ2v) is 5.21. The van der Waals surface area contributed by atoms with Crippen LogP contribution in [0.3, 0.4) is 0 Å². The summed E-state index contributed by atoms with van der Waals surface area (Å²) in [6.45, 7) is 2.37. The van der Waals surface area contributed by atoms with Crippen molar-refractivity contribution < 1.29 is 19.5 Å². The molecular formula is C15H29NO5. The van der Waals surface area contributed by atoms with Gasteiger partial charge in [-0.3, -0.25) is 4.79 Å². The van der Waals surface area contributed by atoms with E-state index in [1.807, 2.05) is 0 Å². The maximum atomic E-state index is 11.4. The SMILES string of the molecule is CCCCCCCCCCCC(=O)OCCCO[N+](=O)[O-]. The van der Waals surface area contributed by atoms with Crippen LogP contribution in [0.25, 0.3) is 0 Å². The molecule has 0 rings (SSSR count). The van der Waals surface area contributed by atoms with Crippen LogP contribution in [0.15, 0.2) is 0 Å². The molecule has 124 valence electrons. The monoisotopic (exact) mass is 303 g/mol. The zero-order valence-corrected chi connectivity index (χ0v) is 13.2. The molecule has 0 aliphatic heterocycles. The third-order valence-electron chi connectivity index (χ3n) is 3.23. The summed E-state index contributed by atoms with van der Waals surface area (Å²) in [5.74, 6) is -0.223. The van der Waals surface area contributed by atoms with Gasteiger partial charge >= 0.3 is 5.97 Å². The second-order valence-electron chi connectivity index (χ2n) is 5.21. The van der Waals surface area contributed by atoms with E-state index in [0.717, 1.165) is 12.8 Å². The maximum Gasteiger partial charge on any atom is 0.305 e. The molecule has 0 bridgehead atoms. The number of nitrogens with zero attached hydrogens (tertiary/aromatic N) is 1. The first-order chi connectivity index (χ1) is 10.2. The van der Waals surface area contributed by atoms with E-state index in [2.05, 4.69) is 11.8 Å². The molecule has 0 N–H and O–H groups in total. The summed E-state index contributed by atoms with van der Waals surface area (Å²) in [5.41, 5.74) is 0. The number of carbonyl (C=O) groups is 1. The van der Waals surface area contributed by atoms with Gasteiger partial charge < -0.3 is 9.57 Å². The van der Waals surface area contributed by atoms with Crippen LogP contribution in [0.4, 0.5) is 0 Å². The van der Waals surface area contributed by atoms with Gasteiger partial charge in [-0.1, -0.05) is 58.3 Å². The molecule has 0 atom stereocenters. The molecule has 0 fully saturated rings. The number of unbranched alkanes of at least 4 members (excludes halogenated alkanes) is 8. The van der Waals surface area contributed by atoms with E-state index in [4.69, 9.17) is 4.74 Å². The molecule has 0 spiro atoms. The minimum Gasteiger partial charge on any atom is -0.466 e. The number of rotatable bonds is 15. The van der Waals surface area contributed by atoms with E-state index in [-0.39, 0.29) is 19.2 Å². The summed E-state index contributed by atoms with van der Waals surface area (Å²) in [7, 11) is 0. The Bertz CT molecular complexity index is 271. The maximum absolute atomic E-state index is 11.4. The average molecular weight is 303 g/mol. The largest absolute Gasteiger partial charge is 0.466 e. The van der Waals surface area contributed by atoms with Crippen LogP contribution < -0.4 is 0 Å². The topological polar surface area (TPSA) is 78.7 Å². The molecular weight excluding hydrogens is 274 g/mol. The van der Waals surface area contributed by atoms with E-state index >= 15 is 0 Å². The van der Waals surface area contributed by atoms with Crippen molar-refractivity contribution in [3.63, 3.8) is 0 Å². The highest BCUT2D eigenvalue weighted by atomic mass is 16.9. The van der Waals surface area contributed by atoms with Gasteiger partial charge in [0.25, 0.3) is 5.09 Å². The van der Waals surface area contributed by atoms with Crippen molar-refractivity contribution in [2.75, 3.05) is 13.2 Å². The van der Waals surface area contributed by atoms with Crippen LogP contribution in [-0.2, 0) is 14.4 Å². The summed E-state index contributed by atoms with van der Waals surface area (Å²) in [5, 5.41) is 9.03. The fourth-order valence-electron chi connectivity index (χ4n) is 2.04. The number of hydrogen-bond donors (Lipinski definition) is 0.